The molecule has 1 heterocycles. The van der Waals surface area contributed by atoms with Gasteiger partial charge in [0.2, 0.25) is 0 Å². The molecule has 0 bridgehead atoms. The van der Waals surface area contributed by atoms with Crippen LogP contribution in [0.2, 0.25) is 0 Å². The fraction of sp³-hybridized carbons (Fsp3) is 0.600. The Bertz CT molecular complexity index is 510. The van der Waals surface area contributed by atoms with E-state index in [1.165, 1.54) is 11.1 Å². The highest BCUT2D eigenvalue weighted by molar-refractivity contribution is 7.53. The smallest absolute Gasteiger partial charge is 0.344 e. The second-order valence-corrected chi connectivity index (χ2v) is 7.05. The molecule has 0 spiro atoms. The maximum atomic E-state index is 12.6. The molecule has 1 aromatic rings. The molecule has 21 heavy (non-hydrogen) atoms. The van der Waals surface area contributed by atoms with E-state index >= 15 is 0 Å². The molecule has 0 saturated heterocycles. The molecule has 5 nitrogen and oxygen atoms in total. The zero-order valence-corrected chi connectivity index (χ0v) is 13.9. The third-order valence-corrected chi connectivity index (χ3v) is 5.58. The maximum Gasteiger partial charge on any atom is 0.344 e. The average Bonchev–Trinajstić information content (AvgIpc) is 2.46. The molecule has 0 amide bonds. The molecule has 0 aliphatic carbocycles. The van der Waals surface area contributed by atoms with E-state index in [1.54, 1.807) is 7.11 Å². The van der Waals surface area contributed by atoms with Crippen molar-refractivity contribution in [2.45, 2.75) is 26.8 Å². The van der Waals surface area contributed by atoms with E-state index in [-0.39, 0.29) is 0 Å². The van der Waals surface area contributed by atoms with Gasteiger partial charge >= 0.3 is 7.60 Å². The van der Waals surface area contributed by atoms with Crippen LogP contribution in [0.25, 0.3) is 0 Å². The summed E-state index contributed by atoms with van der Waals surface area (Å²) in [7, 11) is -1.36. The molecule has 1 aliphatic rings. The molecule has 0 atom stereocenters. The van der Waals surface area contributed by atoms with Crippen molar-refractivity contribution in [1.82, 2.24) is 4.90 Å². The van der Waals surface area contributed by atoms with Crippen LogP contribution in [0.1, 0.15) is 25.0 Å². The van der Waals surface area contributed by atoms with Crippen LogP contribution in [0.3, 0.4) is 0 Å². The number of nitrogens with zero attached hydrogens (tertiary/aromatic N) is 1. The van der Waals surface area contributed by atoms with Gasteiger partial charge in [-0.25, -0.2) is 0 Å². The van der Waals surface area contributed by atoms with Gasteiger partial charge in [-0.3, -0.25) is 9.46 Å². The normalized spacial score (nSPS) is 15.8. The van der Waals surface area contributed by atoms with Gasteiger partial charge in [-0.2, -0.15) is 0 Å². The summed E-state index contributed by atoms with van der Waals surface area (Å²) in [6, 6.07) is 6.14. The predicted molar refractivity (Wildman–Crippen MR) is 82.8 cm³/mol. The van der Waals surface area contributed by atoms with E-state index in [2.05, 4.69) is 11.0 Å². The van der Waals surface area contributed by atoms with Crippen molar-refractivity contribution in [1.29, 1.82) is 0 Å². The lowest BCUT2D eigenvalue weighted by Gasteiger charge is -2.31. The van der Waals surface area contributed by atoms with Crippen LogP contribution < -0.4 is 4.74 Å². The summed E-state index contributed by atoms with van der Waals surface area (Å²) in [6.45, 7) is 6.08. The SMILES string of the molecule is CCOP(=O)(CN1CCc2ccc(OC)cc2C1)OCC. The van der Waals surface area contributed by atoms with Crippen LogP contribution in [0.5, 0.6) is 5.75 Å². The van der Waals surface area contributed by atoms with Crippen molar-refractivity contribution >= 4 is 7.60 Å². The minimum atomic E-state index is -3.02. The topological polar surface area (TPSA) is 48.0 Å². The monoisotopic (exact) mass is 313 g/mol. The maximum absolute atomic E-state index is 12.6. The van der Waals surface area contributed by atoms with Gasteiger partial charge in [0, 0.05) is 13.1 Å². The summed E-state index contributed by atoms with van der Waals surface area (Å²) in [4.78, 5) is 2.13. The van der Waals surface area contributed by atoms with Gasteiger partial charge in [0.1, 0.15) is 12.0 Å². The zero-order chi connectivity index (χ0) is 15.3. The minimum Gasteiger partial charge on any atom is -0.497 e. The molecule has 0 saturated carbocycles. The lowest BCUT2D eigenvalue weighted by atomic mass is 10.00. The Kier molecular flexibility index (Phi) is 5.82. The Morgan fingerprint density at radius 3 is 2.52 bits per heavy atom. The quantitative estimate of drug-likeness (QED) is 0.723. The standard InChI is InChI=1S/C15H24NO4P/c1-4-19-21(17,20-5-2)12-16-9-8-13-6-7-15(18-3)10-14(13)11-16/h6-7,10H,4-5,8-9,11-12H2,1-3H3. The molecular weight excluding hydrogens is 289 g/mol. The van der Waals surface area contributed by atoms with Gasteiger partial charge < -0.3 is 13.8 Å². The Morgan fingerprint density at radius 2 is 1.90 bits per heavy atom. The van der Waals surface area contributed by atoms with Gasteiger partial charge in [0.25, 0.3) is 0 Å². The molecular formula is C15H24NO4P. The minimum absolute atomic E-state index is 0.339. The van der Waals surface area contributed by atoms with Crippen LogP contribution in [-0.4, -0.2) is 38.1 Å². The zero-order valence-electron chi connectivity index (χ0n) is 13.0. The van der Waals surface area contributed by atoms with Crippen molar-refractivity contribution in [2.24, 2.45) is 0 Å². The van der Waals surface area contributed by atoms with Crippen molar-refractivity contribution in [3.05, 3.63) is 29.3 Å². The van der Waals surface area contributed by atoms with Crippen LogP contribution in [0, 0.1) is 0 Å². The summed E-state index contributed by atoms with van der Waals surface area (Å²) in [5.74, 6) is 0.855. The molecule has 0 unspecified atom stereocenters. The van der Waals surface area contributed by atoms with Crippen molar-refractivity contribution < 1.29 is 18.3 Å². The average molecular weight is 313 g/mol. The largest absolute Gasteiger partial charge is 0.497 e. The summed E-state index contributed by atoms with van der Waals surface area (Å²) < 4.78 is 28.6. The van der Waals surface area contributed by atoms with E-state index in [0.29, 0.717) is 19.5 Å². The second-order valence-electron chi connectivity index (χ2n) is 5.03. The highest BCUT2D eigenvalue weighted by atomic mass is 31.2. The molecule has 118 valence electrons. The number of ether oxygens (including phenoxy) is 1. The molecule has 6 heteroatoms. The molecule has 0 aromatic heterocycles. The van der Waals surface area contributed by atoms with Gasteiger partial charge in [0.15, 0.2) is 0 Å². The molecule has 0 N–H and O–H groups in total. The van der Waals surface area contributed by atoms with Gasteiger partial charge in [-0.1, -0.05) is 6.07 Å². The molecule has 0 fully saturated rings. The number of benzene rings is 1. The molecule has 2 rings (SSSR count). The van der Waals surface area contributed by atoms with E-state index in [0.717, 1.165) is 25.3 Å². The first-order chi connectivity index (χ1) is 10.1. The van der Waals surface area contributed by atoms with Crippen LogP contribution in [0.4, 0.5) is 0 Å². The van der Waals surface area contributed by atoms with E-state index in [1.807, 2.05) is 26.0 Å². The number of hydrogen-bond donors (Lipinski definition) is 0. The highest BCUT2D eigenvalue weighted by Gasteiger charge is 2.29. The van der Waals surface area contributed by atoms with Crippen molar-refractivity contribution in [2.75, 3.05) is 33.2 Å². The first-order valence-electron chi connectivity index (χ1n) is 7.36. The number of hydrogen-bond acceptors (Lipinski definition) is 5. The fourth-order valence-electron chi connectivity index (χ4n) is 2.60. The predicted octanol–water partition coefficient (Wildman–Crippen LogP) is 3.28. The van der Waals surface area contributed by atoms with E-state index in [9.17, 15) is 4.57 Å². The number of rotatable bonds is 7. The lowest BCUT2D eigenvalue weighted by molar-refractivity contribution is 0.191. The van der Waals surface area contributed by atoms with Crippen molar-refractivity contribution in [3.63, 3.8) is 0 Å². The second kappa shape index (κ2) is 7.41. The van der Waals surface area contributed by atoms with Crippen molar-refractivity contribution in [3.8, 4) is 5.75 Å². The van der Waals surface area contributed by atoms with Gasteiger partial charge in [-0.05, 0) is 43.5 Å². The Morgan fingerprint density at radius 1 is 1.19 bits per heavy atom. The van der Waals surface area contributed by atoms with Crippen LogP contribution >= 0.6 is 7.60 Å². The van der Waals surface area contributed by atoms with Gasteiger partial charge in [-0.15, -0.1) is 0 Å². The summed E-state index contributed by atoms with van der Waals surface area (Å²) in [5, 5.41) is 0. The Balaban J connectivity index is 2.07. The van der Waals surface area contributed by atoms with Gasteiger partial charge in [0.05, 0.1) is 20.3 Å². The Hall–Kier alpha value is -0.870. The number of fused-ring (bicyclic) bond motifs is 1. The third-order valence-electron chi connectivity index (χ3n) is 3.53. The van der Waals surface area contributed by atoms with E-state index in [4.69, 9.17) is 13.8 Å². The Labute approximate surface area is 126 Å². The summed E-state index contributed by atoms with van der Waals surface area (Å²) in [6.07, 6.45) is 1.28. The molecule has 1 aliphatic heterocycles. The lowest BCUT2D eigenvalue weighted by Crippen LogP contribution is -2.32. The third kappa shape index (κ3) is 4.30. The number of methoxy groups -OCH3 is 1. The molecule has 0 radical (unpaired) electrons. The highest BCUT2D eigenvalue weighted by Crippen LogP contribution is 2.49. The molecule has 1 aromatic carbocycles. The summed E-state index contributed by atoms with van der Waals surface area (Å²) in [5.41, 5.74) is 2.55. The van der Waals surface area contributed by atoms with E-state index < -0.39 is 7.60 Å². The van der Waals surface area contributed by atoms with Crippen LogP contribution in [0.15, 0.2) is 18.2 Å². The van der Waals surface area contributed by atoms with Crippen LogP contribution in [-0.2, 0) is 26.6 Å². The fourth-order valence-corrected chi connectivity index (χ4v) is 4.35. The first kappa shape index (κ1) is 16.5. The first-order valence-corrected chi connectivity index (χ1v) is 9.09. The summed E-state index contributed by atoms with van der Waals surface area (Å²) >= 11 is 0.